The fourth-order valence-corrected chi connectivity index (χ4v) is 2.72. The third kappa shape index (κ3) is 2.85. The molecular weight excluding hydrogens is 292 g/mol. The summed E-state index contributed by atoms with van der Waals surface area (Å²) in [4.78, 5) is 6.94. The van der Waals surface area contributed by atoms with Gasteiger partial charge < -0.3 is 9.64 Å². The van der Waals surface area contributed by atoms with Crippen LogP contribution in [0.15, 0.2) is 42.5 Å². The normalized spacial score (nSPS) is 14.0. The van der Waals surface area contributed by atoms with Gasteiger partial charge in [-0.05, 0) is 35.9 Å². The van der Waals surface area contributed by atoms with Gasteiger partial charge in [-0.3, -0.25) is 0 Å². The Kier molecular flexibility index (Phi) is 3.59. The van der Waals surface area contributed by atoms with Crippen LogP contribution >= 0.6 is 0 Å². The molecule has 7 nitrogen and oxygen atoms in total. The lowest BCUT2D eigenvalue weighted by Gasteiger charge is -2.23. The molecule has 1 aliphatic rings. The van der Waals surface area contributed by atoms with Gasteiger partial charge in [-0.1, -0.05) is 18.2 Å². The molecule has 1 N–H and O–H groups in total. The molecule has 0 unspecified atom stereocenters. The minimum Gasteiger partial charge on any atom is -0.491 e. The van der Waals surface area contributed by atoms with E-state index in [0.29, 0.717) is 12.4 Å². The first-order valence-corrected chi connectivity index (χ1v) is 7.57. The highest BCUT2D eigenvalue weighted by Gasteiger charge is 2.17. The fourth-order valence-electron chi connectivity index (χ4n) is 2.72. The number of hydrogen-bond acceptors (Lipinski definition) is 6. The van der Waals surface area contributed by atoms with Crippen LogP contribution in [-0.2, 0) is 6.54 Å². The second-order valence-corrected chi connectivity index (χ2v) is 5.34. The van der Waals surface area contributed by atoms with Gasteiger partial charge in [0.25, 0.3) is 0 Å². The third-order valence-electron chi connectivity index (χ3n) is 3.77. The number of rotatable bonds is 3. The summed E-state index contributed by atoms with van der Waals surface area (Å²) in [5.74, 6) is 1.44. The summed E-state index contributed by atoms with van der Waals surface area (Å²) in [6.07, 6.45) is 0.985. The van der Waals surface area contributed by atoms with Gasteiger partial charge in [0.05, 0.1) is 24.5 Å². The average molecular weight is 308 g/mol. The van der Waals surface area contributed by atoms with Crippen molar-refractivity contribution in [1.82, 2.24) is 25.6 Å². The summed E-state index contributed by atoms with van der Waals surface area (Å²) < 4.78 is 5.80. The number of nitrogens with one attached hydrogen (secondary N) is 1. The third-order valence-corrected chi connectivity index (χ3v) is 3.77. The second kappa shape index (κ2) is 6.04. The number of aromatic nitrogens is 5. The minimum atomic E-state index is 0.506. The standard InChI is InChI=1S/C16H16N6O/c1-2-8-15-14(7-1)22(9-4-10-23-15)11-12-5-3-6-13(17-12)16-18-20-21-19-16/h1-3,5-8H,4,9-11H2,(H,18,19,20,21). The lowest BCUT2D eigenvalue weighted by molar-refractivity contribution is 0.322. The van der Waals surface area contributed by atoms with Crippen LogP contribution in [0, 0.1) is 0 Å². The molecule has 7 heteroatoms. The summed E-state index contributed by atoms with van der Waals surface area (Å²) >= 11 is 0. The van der Waals surface area contributed by atoms with E-state index < -0.39 is 0 Å². The molecule has 0 aliphatic carbocycles. The van der Waals surface area contributed by atoms with E-state index in [2.05, 4.69) is 36.6 Å². The number of ether oxygens (including phenoxy) is 1. The molecule has 3 aromatic rings. The van der Waals surface area contributed by atoms with Crippen molar-refractivity contribution >= 4 is 5.69 Å². The van der Waals surface area contributed by atoms with E-state index in [0.717, 1.165) is 42.4 Å². The van der Waals surface area contributed by atoms with Gasteiger partial charge in [-0.15, -0.1) is 10.2 Å². The topological polar surface area (TPSA) is 79.8 Å². The Hall–Kier alpha value is -2.96. The molecule has 0 radical (unpaired) electrons. The molecule has 0 atom stereocenters. The number of benzene rings is 1. The van der Waals surface area contributed by atoms with Crippen molar-refractivity contribution in [3.05, 3.63) is 48.2 Å². The Balaban J connectivity index is 1.62. The molecule has 0 bridgehead atoms. The molecule has 0 saturated heterocycles. The summed E-state index contributed by atoms with van der Waals surface area (Å²) in [6.45, 7) is 2.39. The zero-order valence-corrected chi connectivity index (χ0v) is 12.5. The van der Waals surface area contributed by atoms with E-state index in [1.54, 1.807) is 0 Å². The molecular formula is C16H16N6O. The van der Waals surface area contributed by atoms with E-state index in [4.69, 9.17) is 4.74 Å². The van der Waals surface area contributed by atoms with Crippen LogP contribution in [0.4, 0.5) is 5.69 Å². The molecule has 1 aliphatic heterocycles. The maximum absolute atomic E-state index is 5.80. The second-order valence-electron chi connectivity index (χ2n) is 5.34. The van der Waals surface area contributed by atoms with Crippen LogP contribution < -0.4 is 9.64 Å². The van der Waals surface area contributed by atoms with Crippen molar-refractivity contribution in [2.45, 2.75) is 13.0 Å². The SMILES string of the molecule is c1cc(CN2CCCOc3ccccc32)nc(-c2nn[nH]n2)c1. The van der Waals surface area contributed by atoms with Crippen molar-refractivity contribution in [1.29, 1.82) is 0 Å². The first-order valence-electron chi connectivity index (χ1n) is 7.57. The van der Waals surface area contributed by atoms with Crippen molar-refractivity contribution in [3.8, 4) is 17.3 Å². The number of fused-ring (bicyclic) bond motifs is 1. The van der Waals surface area contributed by atoms with Crippen molar-refractivity contribution < 1.29 is 4.74 Å². The van der Waals surface area contributed by atoms with Crippen LogP contribution in [0.5, 0.6) is 5.75 Å². The van der Waals surface area contributed by atoms with E-state index in [1.807, 2.05) is 36.4 Å². The number of para-hydroxylation sites is 2. The summed E-state index contributed by atoms with van der Waals surface area (Å²) in [7, 11) is 0. The first kappa shape index (κ1) is 13.7. The van der Waals surface area contributed by atoms with Gasteiger partial charge in [0.15, 0.2) is 0 Å². The van der Waals surface area contributed by atoms with Gasteiger partial charge >= 0.3 is 0 Å². The van der Waals surface area contributed by atoms with Crippen LogP contribution in [-0.4, -0.2) is 38.8 Å². The lowest BCUT2D eigenvalue weighted by Crippen LogP contribution is -2.23. The van der Waals surface area contributed by atoms with E-state index in [1.165, 1.54) is 0 Å². The highest BCUT2D eigenvalue weighted by atomic mass is 16.5. The van der Waals surface area contributed by atoms with Gasteiger partial charge in [0, 0.05) is 6.54 Å². The smallest absolute Gasteiger partial charge is 0.222 e. The predicted octanol–water partition coefficient (Wildman–Crippen LogP) is 2.05. The maximum Gasteiger partial charge on any atom is 0.222 e. The largest absolute Gasteiger partial charge is 0.491 e. The molecule has 116 valence electrons. The fraction of sp³-hybridized carbons (Fsp3) is 0.250. The van der Waals surface area contributed by atoms with Gasteiger partial charge in [-0.25, -0.2) is 4.98 Å². The highest BCUT2D eigenvalue weighted by Crippen LogP contribution is 2.31. The molecule has 0 saturated carbocycles. The van der Waals surface area contributed by atoms with Crippen LogP contribution in [0.3, 0.4) is 0 Å². The first-order chi connectivity index (χ1) is 11.4. The van der Waals surface area contributed by atoms with Crippen molar-refractivity contribution in [3.63, 3.8) is 0 Å². The summed E-state index contributed by atoms with van der Waals surface area (Å²) in [5, 5.41) is 14.0. The molecule has 23 heavy (non-hydrogen) atoms. The Bertz CT molecular complexity index is 789. The van der Waals surface area contributed by atoms with Gasteiger partial charge in [0.2, 0.25) is 5.82 Å². The zero-order chi connectivity index (χ0) is 15.5. The molecule has 1 aromatic carbocycles. The van der Waals surface area contributed by atoms with Crippen molar-refractivity contribution in [2.75, 3.05) is 18.1 Å². The Morgan fingerprint density at radius 3 is 3.00 bits per heavy atom. The Morgan fingerprint density at radius 1 is 1.13 bits per heavy atom. The monoisotopic (exact) mass is 308 g/mol. The average Bonchev–Trinajstić information content (AvgIpc) is 3.06. The quantitative estimate of drug-likeness (QED) is 0.797. The predicted molar refractivity (Wildman–Crippen MR) is 85.0 cm³/mol. The number of pyridine rings is 1. The number of hydrogen-bond donors (Lipinski definition) is 1. The van der Waals surface area contributed by atoms with Crippen molar-refractivity contribution in [2.24, 2.45) is 0 Å². The molecule has 4 rings (SSSR count). The highest BCUT2D eigenvalue weighted by molar-refractivity contribution is 5.59. The molecule has 2 aromatic heterocycles. The lowest BCUT2D eigenvalue weighted by atomic mass is 10.2. The number of anilines is 1. The summed E-state index contributed by atoms with van der Waals surface area (Å²) in [6, 6.07) is 14.0. The number of H-pyrrole nitrogens is 1. The molecule has 0 amide bonds. The molecule has 3 heterocycles. The number of tetrazole rings is 1. The minimum absolute atomic E-state index is 0.506. The zero-order valence-electron chi connectivity index (χ0n) is 12.5. The Labute approximate surface area is 133 Å². The van der Waals surface area contributed by atoms with E-state index in [-0.39, 0.29) is 0 Å². The maximum atomic E-state index is 5.80. The van der Waals surface area contributed by atoms with Crippen LogP contribution in [0.1, 0.15) is 12.1 Å². The van der Waals surface area contributed by atoms with Gasteiger partial charge in [0.1, 0.15) is 11.4 Å². The number of aromatic amines is 1. The van der Waals surface area contributed by atoms with E-state index in [9.17, 15) is 0 Å². The van der Waals surface area contributed by atoms with E-state index >= 15 is 0 Å². The van der Waals surface area contributed by atoms with Crippen LogP contribution in [0.2, 0.25) is 0 Å². The van der Waals surface area contributed by atoms with Crippen LogP contribution in [0.25, 0.3) is 11.5 Å². The number of nitrogens with zero attached hydrogens (tertiary/aromatic N) is 5. The Morgan fingerprint density at radius 2 is 2.09 bits per heavy atom. The molecule has 0 spiro atoms. The van der Waals surface area contributed by atoms with Gasteiger partial charge in [-0.2, -0.15) is 5.21 Å². The molecule has 0 fully saturated rings. The summed E-state index contributed by atoms with van der Waals surface area (Å²) in [5.41, 5.74) is 2.79.